The molecule has 3 atom stereocenters. The van der Waals surface area contributed by atoms with Crippen LogP contribution >= 0.6 is 0 Å². The summed E-state index contributed by atoms with van der Waals surface area (Å²) < 4.78 is 0. The Balaban J connectivity index is 1.69. The highest BCUT2D eigenvalue weighted by Gasteiger charge is 2.52. The molecular formula is C16H23NO. The summed E-state index contributed by atoms with van der Waals surface area (Å²) >= 11 is 0. The highest BCUT2D eigenvalue weighted by Crippen LogP contribution is 2.56. The van der Waals surface area contributed by atoms with Crippen molar-refractivity contribution in [1.29, 1.82) is 0 Å². The molecule has 0 aromatic heterocycles. The van der Waals surface area contributed by atoms with Gasteiger partial charge in [-0.05, 0) is 56.7 Å². The molecule has 3 unspecified atom stereocenters. The van der Waals surface area contributed by atoms with Crippen molar-refractivity contribution < 1.29 is 5.11 Å². The van der Waals surface area contributed by atoms with E-state index in [0.29, 0.717) is 11.8 Å². The number of likely N-dealkylation sites (tertiary alicyclic amines) is 1. The van der Waals surface area contributed by atoms with Gasteiger partial charge in [-0.2, -0.15) is 0 Å². The van der Waals surface area contributed by atoms with Gasteiger partial charge in [-0.25, -0.2) is 0 Å². The minimum absolute atomic E-state index is 0.411. The van der Waals surface area contributed by atoms with Crippen LogP contribution in [0.25, 0.3) is 0 Å². The van der Waals surface area contributed by atoms with Crippen molar-refractivity contribution in [2.24, 2.45) is 5.92 Å². The Hall–Kier alpha value is -0.860. The quantitative estimate of drug-likeness (QED) is 0.866. The molecule has 98 valence electrons. The third-order valence-electron chi connectivity index (χ3n) is 4.78. The maximum atomic E-state index is 10.9. The van der Waals surface area contributed by atoms with Crippen molar-refractivity contribution in [1.82, 2.24) is 4.90 Å². The number of rotatable bonds is 2. The molecule has 3 rings (SSSR count). The summed E-state index contributed by atoms with van der Waals surface area (Å²) in [6.07, 6.45) is 4.22. The van der Waals surface area contributed by atoms with Crippen molar-refractivity contribution >= 4 is 0 Å². The normalized spacial score (nSPS) is 37.2. The van der Waals surface area contributed by atoms with Crippen LogP contribution in [0, 0.1) is 5.92 Å². The van der Waals surface area contributed by atoms with Gasteiger partial charge in [0.2, 0.25) is 0 Å². The van der Waals surface area contributed by atoms with Gasteiger partial charge in [0.15, 0.2) is 0 Å². The van der Waals surface area contributed by atoms with Gasteiger partial charge in [-0.15, -0.1) is 0 Å². The Kier molecular flexibility index (Phi) is 3.16. The van der Waals surface area contributed by atoms with E-state index in [-0.39, 0.29) is 0 Å². The van der Waals surface area contributed by atoms with Crippen LogP contribution in [0.2, 0.25) is 0 Å². The zero-order valence-electron chi connectivity index (χ0n) is 11.2. The summed E-state index contributed by atoms with van der Waals surface area (Å²) in [5, 5.41) is 10.9. The summed E-state index contributed by atoms with van der Waals surface area (Å²) in [7, 11) is 2.16. The van der Waals surface area contributed by atoms with E-state index in [1.54, 1.807) is 0 Å². The molecule has 0 amide bonds. The topological polar surface area (TPSA) is 23.5 Å². The van der Waals surface area contributed by atoms with Crippen LogP contribution in [0.1, 0.15) is 37.2 Å². The summed E-state index contributed by atoms with van der Waals surface area (Å²) in [6, 6.07) is 10.7. The first kappa shape index (κ1) is 12.2. The van der Waals surface area contributed by atoms with Gasteiger partial charge in [0, 0.05) is 6.54 Å². The van der Waals surface area contributed by atoms with Crippen LogP contribution in [-0.2, 0) is 0 Å². The fourth-order valence-electron chi connectivity index (χ4n) is 3.50. The fraction of sp³-hybridized carbons (Fsp3) is 0.625. The highest BCUT2D eigenvalue weighted by molar-refractivity contribution is 5.27. The van der Waals surface area contributed by atoms with Gasteiger partial charge in [-0.1, -0.05) is 30.3 Å². The van der Waals surface area contributed by atoms with Crippen molar-refractivity contribution in [3.8, 4) is 0 Å². The van der Waals surface area contributed by atoms with Crippen molar-refractivity contribution in [3.63, 3.8) is 0 Å². The molecule has 0 radical (unpaired) electrons. The second-order valence-electron chi connectivity index (χ2n) is 6.12. The van der Waals surface area contributed by atoms with E-state index in [1.165, 1.54) is 12.0 Å². The molecule has 2 heteroatoms. The lowest BCUT2D eigenvalue weighted by Crippen LogP contribution is -2.33. The predicted molar refractivity (Wildman–Crippen MR) is 73.6 cm³/mol. The van der Waals surface area contributed by atoms with Crippen LogP contribution in [0.15, 0.2) is 30.3 Å². The van der Waals surface area contributed by atoms with Crippen LogP contribution in [0.3, 0.4) is 0 Å². The molecule has 1 aliphatic heterocycles. The van der Waals surface area contributed by atoms with E-state index >= 15 is 0 Å². The second kappa shape index (κ2) is 4.67. The van der Waals surface area contributed by atoms with E-state index in [1.807, 2.05) is 0 Å². The zero-order valence-corrected chi connectivity index (χ0v) is 11.2. The van der Waals surface area contributed by atoms with Crippen LogP contribution in [0.5, 0.6) is 0 Å². The van der Waals surface area contributed by atoms with E-state index in [4.69, 9.17) is 0 Å². The van der Waals surface area contributed by atoms with E-state index in [0.717, 1.165) is 32.4 Å². The number of hydrogen-bond donors (Lipinski definition) is 1. The molecule has 2 fully saturated rings. The summed E-state index contributed by atoms with van der Waals surface area (Å²) in [5.41, 5.74) is 0.999. The van der Waals surface area contributed by atoms with E-state index in [9.17, 15) is 5.11 Å². The molecule has 1 N–H and O–H groups in total. The van der Waals surface area contributed by atoms with Gasteiger partial charge < -0.3 is 10.0 Å². The highest BCUT2D eigenvalue weighted by atomic mass is 16.3. The largest absolute Gasteiger partial charge is 0.390 e. The molecule has 0 spiro atoms. The average molecular weight is 245 g/mol. The number of benzene rings is 1. The van der Waals surface area contributed by atoms with Crippen molar-refractivity contribution in [2.75, 3.05) is 20.1 Å². The molecule has 1 saturated heterocycles. The fourth-order valence-corrected chi connectivity index (χ4v) is 3.50. The molecule has 2 aliphatic rings. The standard InChI is InChI=1S/C16H23NO/c1-17-10-5-8-16(18,9-11-17)15-12-14(15)13-6-3-2-4-7-13/h2-4,6-7,14-15,18H,5,8-12H2,1H3. The van der Waals surface area contributed by atoms with Gasteiger partial charge >= 0.3 is 0 Å². The Labute approximate surface area is 110 Å². The van der Waals surface area contributed by atoms with Gasteiger partial charge in [0.25, 0.3) is 0 Å². The number of nitrogens with zero attached hydrogens (tertiary/aromatic N) is 1. The van der Waals surface area contributed by atoms with Gasteiger partial charge in [0.1, 0.15) is 0 Å². The Morgan fingerprint density at radius 2 is 1.94 bits per heavy atom. The first-order valence-corrected chi connectivity index (χ1v) is 7.15. The number of aliphatic hydroxyl groups is 1. The Morgan fingerprint density at radius 1 is 1.17 bits per heavy atom. The number of hydrogen-bond acceptors (Lipinski definition) is 2. The smallest absolute Gasteiger partial charge is 0.0694 e. The van der Waals surface area contributed by atoms with Crippen LogP contribution < -0.4 is 0 Å². The molecule has 2 nitrogen and oxygen atoms in total. The molecule has 1 saturated carbocycles. The maximum Gasteiger partial charge on any atom is 0.0694 e. The first-order chi connectivity index (χ1) is 8.69. The lowest BCUT2D eigenvalue weighted by Gasteiger charge is -2.27. The lowest BCUT2D eigenvalue weighted by atomic mass is 9.87. The predicted octanol–water partition coefficient (Wildman–Crippen LogP) is 2.64. The molecule has 1 heterocycles. The SMILES string of the molecule is CN1CCCC(O)(C2CC2c2ccccc2)CC1. The van der Waals surface area contributed by atoms with Gasteiger partial charge in [0.05, 0.1) is 5.60 Å². The molecule has 1 aromatic rings. The van der Waals surface area contributed by atoms with Gasteiger partial charge in [-0.3, -0.25) is 0 Å². The third kappa shape index (κ3) is 2.32. The molecule has 1 aliphatic carbocycles. The van der Waals surface area contributed by atoms with E-state index < -0.39 is 5.60 Å². The average Bonchev–Trinajstić information content (AvgIpc) is 3.18. The minimum Gasteiger partial charge on any atom is -0.390 e. The third-order valence-corrected chi connectivity index (χ3v) is 4.78. The van der Waals surface area contributed by atoms with Crippen LogP contribution in [0.4, 0.5) is 0 Å². The maximum absolute atomic E-state index is 10.9. The first-order valence-electron chi connectivity index (χ1n) is 7.15. The van der Waals surface area contributed by atoms with Crippen molar-refractivity contribution in [2.45, 2.75) is 37.2 Å². The van der Waals surface area contributed by atoms with Crippen LogP contribution in [-0.4, -0.2) is 35.7 Å². The molecule has 18 heavy (non-hydrogen) atoms. The minimum atomic E-state index is -0.411. The Morgan fingerprint density at radius 3 is 2.72 bits per heavy atom. The summed E-state index contributed by atoms with van der Waals surface area (Å²) in [5.74, 6) is 1.09. The summed E-state index contributed by atoms with van der Waals surface area (Å²) in [6.45, 7) is 2.17. The summed E-state index contributed by atoms with van der Waals surface area (Å²) in [4.78, 5) is 2.35. The lowest BCUT2D eigenvalue weighted by molar-refractivity contribution is 0.00199. The van der Waals surface area contributed by atoms with Crippen molar-refractivity contribution in [3.05, 3.63) is 35.9 Å². The zero-order chi connectivity index (χ0) is 12.6. The monoisotopic (exact) mass is 245 g/mol. The van der Waals surface area contributed by atoms with E-state index in [2.05, 4.69) is 42.3 Å². The molecule has 0 bridgehead atoms. The second-order valence-corrected chi connectivity index (χ2v) is 6.12. The molecule has 1 aromatic carbocycles. The Bertz CT molecular complexity index is 405. The molecular weight excluding hydrogens is 222 g/mol.